The lowest BCUT2D eigenvalue weighted by molar-refractivity contribution is -0.387. The second-order valence-electron chi connectivity index (χ2n) is 5.06. The maximum atomic E-state index is 13.3. The van der Waals surface area contributed by atoms with Gasteiger partial charge in [0.05, 0.1) is 20.5 Å². The second kappa shape index (κ2) is 8.11. The van der Waals surface area contributed by atoms with E-state index in [4.69, 9.17) is 27.9 Å². The molecule has 2 aromatic rings. The van der Waals surface area contributed by atoms with Crippen molar-refractivity contribution in [1.82, 2.24) is 0 Å². The molecule has 1 N–H and O–H groups in total. The van der Waals surface area contributed by atoms with Gasteiger partial charge in [0, 0.05) is 11.8 Å². The van der Waals surface area contributed by atoms with Crippen LogP contribution in [0.4, 0.5) is 15.8 Å². The number of rotatable bonds is 5. The molecule has 0 radical (unpaired) electrons. The van der Waals surface area contributed by atoms with Crippen molar-refractivity contribution in [3.05, 3.63) is 67.9 Å². The van der Waals surface area contributed by atoms with Crippen molar-refractivity contribution in [3.63, 3.8) is 0 Å². The van der Waals surface area contributed by atoms with E-state index in [-0.39, 0.29) is 21.3 Å². The normalized spacial score (nSPS) is 11.5. The summed E-state index contributed by atoms with van der Waals surface area (Å²) < 4.78 is 18.3. The molecular formula is C16H11Cl2FN2O5. The highest BCUT2D eigenvalue weighted by atomic mass is 35.5. The number of nitro groups is 1. The molecule has 26 heavy (non-hydrogen) atoms. The summed E-state index contributed by atoms with van der Waals surface area (Å²) in [6, 6.07) is 7.20. The SMILES string of the molecule is C[C@@H](OC(=O)c1cccc(Cl)c1Cl)C(=O)Nc1ccc(F)c([N+](=O)[O-])c1. The molecule has 0 saturated heterocycles. The fourth-order valence-electron chi connectivity index (χ4n) is 1.91. The van der Waals surface area contributed by atoms with Crippen LogP contribution in [0, 0.1) is 15.9 Å². The van der Waals surface area contributed by atoms with E-state index in [1.807, 2.05) is 0 Å². The molecule has 10 heteroatoms. The van der Waals surface area contributed by atoms with Crippen LogP contribution in [0.3, 0.4) is 0 Å². The lowest BCUT2D eigenvalue weighted by atomic mass is 10.2. The first-order valence-electron chi connectivity index (χ1n) is 7.10. The highest BCUT2D eigenvalue weighted by Crippen LogP contribution is 2.26. The Morgan fingerprint density at radius 3 is 2.62 bits per heavy atom. The van der Waals surface area contributed by atoms with Crippen molar-refractivity contribution >= 4 is 46.5 Å². The van der Waals surface area contributed by atoms with Crippen molar-refractivity contribution in [2.24, 2.45) is 0 Å². The molecule has 7 nitrogen and oxygen atoms in total. The number of nitrogens with zero attached hydrogens (tertiary/aromatic N) is 1. The predicted octanol–water partition coefficient (Wildman–Crippen LogP) is 4.22. The van der Waals surface area contributed by atoms with Gasteiger partial charge in [-0.05, 0) is 31.2 Å². The fraction of sp³-hybridized carbons (Fsp3) is 0.125. The van der Waals surface area contributed by atoms with Crippen LogP contribution in [0.5, 0.6) is 0 Å². The molecule has 136 valence electrons. The Morgan fingerprint density at radius 2 is 1.96 bits per heavy atom. The summed E-state index contributed by atoms with van der Waals surface area (Å²) in [5.41, 5.74) is -0.832. The van der Waals surface area contributed by atoms with Crippen molar-refractivity contribution in [1.29, 1.82) is 0 Å². The van der Waals surface area contributed by atoms with Gasteiger partial charge in [0.1, 0.15) is 0 Å². The smallest absolute Gasteiger partial charge is 0.340 e. The average molecular weight is 401 g/mol. The standard InChI is InChI=1S/C16H11Cl2FN2O5/c1-8(26-16(23)10-3-2-4-11(17)14(10)18)15(22)20-9-5-6-12(19)13(7-9)21(24)25/h2-8H,1H3,(H,20,22)/t8-/m1/s1. The number of amides is 1. The maximum Gasteiger partial charge on any atom is 0.340 e. The molecule has 0 aliphatic rings. The Kier molecular flexibility index (Phi) is 6.12. The van der Waals surface area contributed by atoms with Gasteiger partial charge in [-0.15, -0.1) is 0 Å². The van der Waals surface area contributed by atoms with Crippen LogP contribution in [0.15, 0.2) is 36.4 Å². The van der Waals surface area contributed by atoms with E-state index < -0.39 is 34.4 Å². The lowest BCUT2D eigenvalue weighted by Crippen LogP contribution is -2.30. The largest absolute Gasteiger partial charge is 0.449 e. The van der Waals surface area contributed by atoms with Crippen molar-refractivity contribution in [2.75, 3.05) is 5.32 Å². The third kappa shape index (κ3) is 4.47. The Hall–Kier alpha value is -2.71. The van der Waals surface area contributed by atoms with Crippen molar-refractivity contribution in [3.8, 4) is 0 Å². The number of ether oxygens (including phenoxy) is 1. The summed E-state index contributed by atoms with van der Waals surface area (Å²) in [7, 11) is 0. The Morgan fingerprint density at radius 1 is 1.27 bits per heavy atom. The fourth-order valence-corrected chi connectivity index (χ4v) is 2.29. The summed E-state index contributed by atoms with van der Waals surface area (Å²) in [4.78, 5) is 34.0. The number of halogens is 3. The minimum Gasteiger partial charge on any atom is -0.449 e. The van der Waals surface area contributed by atoms with E-state index in [0.717, 1.165) is 18.2 Å². The summed E-state index contributed by atoms with van der Waals surface area (Å²) in [6.45, 7) is 1.30. The monoisotopic (exact) mass is 400 g/mol. The summed E-state index contributed by atoms with van der Waals surface area (Å²) in [6.07, 6.45) is -1.25. The zero-order valence-electron chi connectivity index (χ0n) is 13.2. The molecule has 1 atom stereocenters. The molecule has 0 aliphatic heterocycles. The molecule has 0 heterocycles. The summed E-state index contributed by atoms with van der Waals surface area (Å²) in [5.74, 6) is -2.68. The van der Waals surface area contributed by atoms with Crippen LogP contribution in [-0.2, 0) is 9.53 Å². The molecule has 2 rings (SSSR count). The van der Waals surface area contributed by atoms with Gasteiger partial charge >= 0.3 is 11.7 Å². The number of hydrogen-bond donors (Lipinski definition) is 1. The molecule has 0 bridgehead atoms. The molecule has 0 saturated carbocycles. The third-order valence-electron chi connectivity index (χ3n) is 3.23. The van der Waals surface area contributed by atoms with E-state index in [9.17, 15) is 24.1 Å². The third-order valence-corrected chi connectivity index (χ3v) is 4.05. The van der Waals surface area contributed by atoms with Crippen LogP contribution in [0.25, 0.3) is 0 Å². The maximum absolute atomic E-state index is 13.3. The first kappa shape index (κ1) is 19.6. The second-order valence-corrected chi connectivity index (χ2v) is 5.85. The van der Waals surface area contributed by atoms with E-state index in [2.05, 4.69) is 5.32 Å². The van der Waals surface area contributed by atoms with Gasteiger partial charge in [-0.3, -0.25) is 14.9 Å². The van der Waals surface area contributed by atoms with Gasteiger partial charge in [0.25, 0.3) is 5.91 Å². The van der Waals surface area contributed by atoms with E-state index >= 15 is 0 Å². The van der Waals surface area contributed by atoms with Crippen LogP contribution in [0.1, 0.15) is 17.3 Å². The summed E-state index contributed by atoms with van der Waals surface area (Å²) >= 11 is 11.7. The Bertz CT molecular complexity index is 891. The van der Waals surface area contributed by atoms with E-state index in [1.165, 1.54) is 25.1 Å². The number of carbonyl (C=O) groups excluding carboxylic acids is 2. The lowest BCUT2D eigenvalue weighted by Gasteiger charge is -2.14. The minimum absolute atomic E-state index is 0.0130. The molecule has 1 amide bonds. The highest BCUT2D eigenvalue weighted by Gasteiger charge is 2.22. The quantitative estimate of drug-likeness (QED) is 0.460. The number of nitro benzene ring substituents is 1. The Labute approximate surface area is 156 Å². The van der Waals surface area contributed by atoms with Gasteiger partial charge in [0.2, 0.25) is 5.82 Å². The topological polar surface area (TPSA) is 98.5 Å². The summed E-state index contributed by atoms with van der Waals surface area (Å²) in [5, 5.41) is 13.2. The molecular weight excluding hydrogens is 390 g/mol. The highest BCUT2D eigenvalue weighted by molar-refractivity contribution is 6.43. The number of carbonyl (C=O) groups is 2. The predicted molar refractivity (Wildman–Crippen MR) is 93.0 cm³/mol. The van der Waals surface area contributed by atoms with E-state index in [0.29, 0.717) is 0 Å². The zero-order chi connectivity index (χ0) is 19.4. The number of hydrogen-bond acceptors (Lipinski definition) is 5. The van der Waals surface area contributed by atoms with Crippen LogP contribution in [0.2, 0.25) is 10.0 Å². The Balaban J connectivity index is 2.08. The number of anilines is 1. The van der Waals surface area contributed by atoms with Crippen LogP contribution >= 0.6 is 23.2 Å². The average Bonchev–Trinajstić information content (AvgIpc) is 2.58. The number of benzene rings is 2. The van der Waals surface area contributed by atoms with Crippen LogP contribution in [-0.4, -0.2) is 22.9 Å². The molecule has 0 spiro atoms. The van der Waals surface area contributed by atoms with Crippen LogP contribution < -0.4 is 5.32 Å². The molecule has 0 unspecified atom stereocenters. The van der Waals surface area contributed by atoms with Gasteiger partial charge in [-0.25, -0.2) is 4.79 Å². The number of nitrogens with one attached hydrogen (secondary N) is 1. The zero-order valence-corrected chi connectivity index (χ0v) is 14.7. The molecule has 0 aliphatic carbocycles. The van der Waals surface area contributed by atoms with Gasteiger partial charge in [0.15, 0.2) is 6.10 Å². The van der Waals surface area contributed by atoms with Crippen molar-refractivity contribution in [2.45, 2.75) is 13.0 Å². The van der Waals surface area contributed by atoms with Gasteiger partial charge in [-0.1, -0.05) is 29.3 Å². The number of esters is 1. The van der Waals surface area contributed by atoms with Crippen molar-refractivity contribution < 1.29 is 23.6 Å². The molecule has 2 aromatic carbocycles. The first-order chi connectivity index (χ1) is 12.2. The molecule has 0 fully saturated rings. The van der Waals surface area contributed by atoms with E-state index in [1.54, 1.807) is 0 Å². The molecule has 0 aromatic heterocycles. The van der Waals surface area contributed by atoms with Gasteiger partial charge in [-0.2, -0.15) is 4.39 Å². The first-order valence-corrected chi connectivity index (χ1v) is 7.86. The minimum atomic E-state index is -1.25. The van der Waals surface area contributed by atoms with Gasteiger partial charge < -0.3 is 10.1 Å².